The molecule has 0 saturated carbocycles. The summed E-state index contributed by atoms with van der Waals surface area (Å²) in [6.45, 7) is -1.27. The van der Waals surface area contributed by atoms with Gasteiger partial charge in [-0.3, -0.25) is 9.78 Å². The number of hydrogen-bond donors (Lipinski definition) is 3. The highest BCUT2D eigenvalue weighted by atomic mass is 19.4. The minimum Gasteiger partial charge on any atom is -0.386 e. The Morgan fingerprint density at radius 2 is 1.69 bits per heavy atom. The Bertz CT molecular complexity index is 812. The van der Waals surface area contributed by atoms with Gasteiger partial charge in [0.2, 0.25) is 0 Å². The lowest BCUT2D eigenvalue weighted by Gasteiger charge is -2.22. The fraction of sp³-hybridized carbons (Fsp3) is 0.333. The van der Waals surface area contributed by atoms with E-state index in [2.05, 4.69) is 4.98 Å². The molecule has 0 saturated heterocycles. The van der Waals surface area contributed by atoms with E-state index >= 15 is 0 Å². The fourth-order valence-corrected chi connectivity index (χ4v) is 2.48. The molecule has 1 aromatic carbocycles. The summed E-state index contributed by atoms with van der Waals surface area (Å²) in [5, 5.41) is 11.8. The second kappa shape index (κ2) is 9.23. The predicted octanol–water partition coefficient (Wildman–Crippen LogP) is 3.06. The summed E-state index contributed by atoms with van der Waals surface area (Å²) < 4.78 is 75.4. The van der Waals surface area contributed by atoms with Gasteiger partial charge in [0.25, 0.3) is 5.91 Å². The number of hydrogen-bond acceptors (Lipinski definition) is 4. The molecule has 0 spiro atoms. The first-order valence-corrected chi connectivity index (χ1v) is 8.25. The van der Waals surface area contributed by atoms with E-state index in [4.69, 9.17) is 5.73 Å². The van der Waals surface area contributed by atoms with Crippen molar-refractivity contribution < 1.29 is 36.2 Å². The largest absolute Gasteiger partial charge is 0.409 e. The first kappa shape index (κ1) is 22.6. The number of carbonyl (C=O) groups is 1. The Hall–Kier alpha value is -2.66. The van der Waals surface area contributed by atoms with Crippen LogP contribution in [0.25, 0.3) is 11.1 Å². The molecule has 0 fully saturated rings. The van der Waals surface area contributed by atoms with Crippen LogP contribution in [0.3, 0.4) is 0 Å². The summed E-state index contributed by atoms with van der Waals surface area (Å²) in [5.41, 5.74) is 5.86. The lowest BCUT2D eigenvalue weighted by atomic mass is 9.99. The SMILES string of the molecule is NC(c1ccc(-c2ccc(C(O)C(CF)NC(=O)C(F)F)cc2)cn1)C(F)(F)F. The van der Waals surface area contributed by atoms with E-state index in [9.17, 15) is 36.2 Å². The van der Waals surface area contributed by atoms with Gasteiger partial charge in [-0.25, -0.2) is 4.39 Å². The Balaban J connectivity index is 2.14. The highest BCUT2D eigenvalue weighted by Crippen LogP contribution is 2.30. The van der Waals surface area contributed by atoms with Crippen LogP contribution in [0.5, 0.6) is 0 Å². The van der Waals surface area contributed by atoms with Gasteiger partial charge in [0.1, 0.15) is 18.8 Å². The van der Waals surface area contributed by atoms with Crippen LogP contribution in [-0.2, 0) is 4.79 Å². The smallest absolute Gasteiger partial charge is 0.386 e. The number of benzene rings is 1. The van der Waals surface area contributed by atoms with Crippen LogP contribution < -0.4 is 11.1 Å². The number of alkyl halides is 6. The molecule has 2 aromatic rings. The zero-order chi connectivity index (χ0) is 21.8. The Kier molecular flexibility index (Phi) is 7.20. The van der Waals surface area contributed by atoms with Crippen molar-refractivity contribution in [3.63, 3.8) is 0 Å². The molecular formula is C18H17F6N3O2. The molecule has 1 amide bonds. The van der Waals surface area contributed by atoms with Crippen molar-refractivity contribution in [2.45, 2.75) is 30.8 Å². The third-order valence-electron chi connectivity index (χ3n) is 4.12. The van der Waals surface area contributed by atoms with Gasteiger partial charge < -0.3 is 16.2 Å². The number of aliphatic hydroxyl groups excluding tert-OH is 1. The van der Waals surface area contributed by atoms with E-state index in [0.717, 1.165) is 6.07 Å². The molecule has 1 heterocycles. The molecule has 0 aliphatic heterocycles. The Morgan fingerprint density at radius 3 is 2.14 bits per heavy atom. The predicted molar refractivity (Wildman–Crippen MR) is 91.5 cm³/mol. The molecule has 2 rings (SSSR count). The molecule has 0 aliphatic rings. The van der Waals surface area contributed by atoms with Crippen LogP contribution in [0.2, 0.25) is 0 Å². The lowest BCUT2D eigenvalue weighted by molar-refractivity contribution is -0.150. The molecule has 3 unspecified atom stereocenters. The number of nitrogens with two attached hydrogens (primary N) is 1. The van der Waals surface area contributed by atoms with E-state index in [1.165, 1.54) is 36.5 Å². The number of aromatic nitrogens is 1. The van der Waals surface area contributed by atoms with E-state index in [1.807, 2.05) is 0 Å². The average molecular weight is 421 g/mol. The number of nitrogens with zero attached hydrogens (tertiary/aromatic N) is 1. The quantitative estimate of drug-likeness (QED) is 0.600. The standard InChI is InChI=1S/C18H17F6N3O2/c19-7-13(27-17(29)16(20)21)14(28)10-3-1-9(2-4-10)11-5-6-12(26-8-11)15(25)18(22,23)24/h1-6,8,13-16,28H,7,25H2,(H,27,29). The number of amides is 1. The maximum absolute atomic E-state index is 13.0. The number of aliphatic hydroxyl groups is 1. The number of carbonyl (C=O) groups excluding carboxylic acids is 1. The minimum atomic E-state index is -4.63. The summed E-state index contributed by atoms with van der Waals surface area (Å²) in [6, 6.07) is 4.43. The molecule has 5 nitrogen and oxygen atoms in total. The second-order valence-electron chi connectivity index (χ2n) is 6.13. The van der Waals surface area contributed by atoms with Crippen molar-refractivity contribution in [1.82, 2.24) is 10.3 Å². The van der Waals surface area contributed by atoms with E-state index in [-0.39, 0.29) is 11.3 Å². The topological polar surface area (TPSA) is 88.2 Å². The van der Waals surface area contributed by atoms with Crippen molar-refractivity contribution in [3.8, 4) is 11.1 Å². The highest BCUT2D eigenvalue weighted by molar-refractivity contribution is 5.79. The number of pyridine rings is 1. The fourth-order valence-electron chi connectivity index (χ4n) is 2.48. The minimum absolute atomic E-state index is 0.148. The number of rotatable bonds is 7. The van der Waals surface area contributed by atoms with Crippen LogP contribution in [0.1, 0.15) is 23.4 Å². The molecule has 158 valence electrons. The molecule has 0 aliphatic carbocycles. The zero-order valence-electron chi connectivity index (χ0n) is 14.7. The monoisotopic (exact) mass is 421 g/mol. The zero-order valence-corrected chi connectivity index (χ0v) is 14.7. The average Bonchev–Trinajstić information content (AvgIpc) is 2.70. The maximum atomic E-state index is 13.0. The summed E-state index contributed by atoms with van der Waals surface area (Å²) in [7, 11) is 0. The molecule has 1 aromatic heterocycles. The van der Waals surface area contributed by atoms with Gasteiger partial charge in [0.15, 0.2) is 0 Å². The highest BCUT2D eigenvalue weighted by Gasteiger charge is 2.38. The molecule has 4 N–H and O–H groups in total. The van der Waals surface area contributed by atoms with E-state index in [0.29, 0.717) is 11.1 Å². The first-order valence-electron chi connectivity index (χ1n) is 8.25. The van der Waals surface area contributed by atoms with E-state index in [1.54, 1.807) is 5.32 Å². The molecule has 0 bridgehead atoms. The second-order valence-corrected chi connectivity index (χ2v) is 6.13. The normalized spacial score (nSPS) is 15.1. The lowest BCUT2D eigenvalue weighted by Crippen LogP contribution is -2.43. The molecule has 0 radical (unpaired) electrons. The number of nitrogens with one attached hydrogen (secondary N) is 1. The van der Waals surface area contributed by atoms with Crippen LogP contribution in [-0.4, -0.2) is 41.3 Å². The first-order chi connectivity index (χ1) is 13.5. The van der Waals surface area contributed by atoms with Gasteiger partial charge in [0.05, 0.1) is 11.7 Å². The van der Waals surface area contributed by atoms with Crippen LogP contribution in [0.15, 0.2) is 42.6 Å². The van der Waals surface area contributed by atoms with Crippen LogP contribution in [0, 0.1) is 0 Å². The molecule has 29 heavy (non-hydrogen) atoms. The van der Waals surface area contributed by atoms with Gasteiger partial charge in [0, 0.05) is 11.8 Å². The van der Waals surface area contributed by atoms with Gasteiger partial charge in [-0.1, -0.05) is 30.3 Å². The van der Waals surface area contributed by atoms with Gasteiger partial charge in [-0.05, 0) is 17.2 Å². The molecule has 11 heteroatoms. The molecular weight excluding hydrogens is 404 g/mol. The maximum Gasteiger partial charge on any atom is 0.409 e. The van der Waals surface area contributed by atoms with Gasteiger partial charge >= 0.3 is 12.6 Å². The summed E-state index contributed by atoms with van der Waals surface area (Å²) in [5.74, 6) is -1.70. The van der Waals surface area contributed by atoms with Crippen molar-refractivity contribution >= 4 is 5.91 Å². The van der Waals surface area contributed by atoms with Gasteiger partial charge in [-0.2, -0.15) is 22.0 Å². The Morgan fingerprint density at radius 1 is 1.10 bits per heavy atom. The summed E-state index contributed by atoms with van der Waals surface area (Å²) in [4.78, 5) is 14.7. The number of halogens is 6. The van der Waals surface area contributed by atoms with Crippen molar-refractivity contribution in [3.05, 3.63) is 53.9 Å². The summed E-state index contributed by atoms with van der Waals surface area (Å²) in [6.07, 6.45) is -8.36. The van der Waals surface area contributed by atoms with Crippen molar-refractivity contribution in [2.75, 3.05) is 6.67 Å². The Labute approximate surface area is 161 Å². The van der Waals surface area contributed by atoms with Crippen LogP contribution in [0.4, 0.5) is 26.3 Å². The molecule has 3 atom stereocenters. The van der Waals surface area contributed by atoms with Crippen LogP contribution >= 0.6 is 0 Å². The summed E-state index contributed by atoms with van der Waals surface area (Å²) >= 11 is 0. The van der Waals surface area contributed by atoms with Crippen molar-refractivity contribution in [2.24, 2.45) is 5.73 Å². The van der Waals surface area contributed by atoms with Gasteiger partial charge in [-0.15, -0.1) is 0 Å². The van der Waals surface area contributed by atoms with E-state index < -0.39 is 43.4 Å². The van der Waals surface area contributed by atoms with Crippen molar-refractivity contribution in [1.29, 1.82) is 0 Å². The third-order valence-corrected chi connectivity index (χ3v) is 4.12. The third kappa shape index (κ3) is 5.67.